The minimum Gasteiger partial charge on any atom is -0.383 e. The Labute approximate surface area is 186 Å². The topological polar surface area (TPSA) is 85.4 Å². The van der Waals surface area contributed by atoms with Crippen molar-refractivity contribution in [3.63, 3.8) is 0 Å². The SMILES string of the molecule is O=C(c1c[nH]c2ccccc12)[C@@H](O)[C@@H](c1ccccc1)N1CCN(c2ncccn2)CC1. The fourth-order valence-electron chi connectivity index (χ4n) is 4.48. The Kier molecular flexibility index (Phi) is 5.66. The van der Waals surface area contributed by atoms with Gasteiger partial charge in [0.15, 0.2) is 5.78 Å². The lowest BCUT2D eigenvalue weighted by atomic mass is 9.93. The van der Waals surface area contributed by atoms with Crippen LogP contribution in [0.5, 0.6) is 0 Å². The van der Waals surface area contributed by atoms with Crippen molar-refractivity contribution in [1.29, 1.82) is 0 Å². The number of carbonyl (C=O) groups excluding carboxylic acids is 1. The quantitative estimate of drug-likeness (QED) is 0.460. The standard InChI is InChI=1S/C25H25N5O2/c31-23(20-17-28-21-10-5-4-9-19(20)21)24(32)22(18-7-2-1-3-8-18)29-13-15-30(16-14-29)25-26-11-6-12-27-25/h1-12,17,22,24,28,32H,13-16H2/t22-,24+/m1/s1. The Morgan fingerprint density at radius 1 is 0.906 bits per heavy atom. The van der Waals surface area contributed by atoms with Gasteiger partial charge in [-0.2, -0.15) is 0 Å². The van der Waals surface area contributed by atoms with Gasteiger partial charge >= 0.3 is 0 Å². The number of aromatic amines is 1. The second-order valence-corrected chi connectivity index (χ2v) is 7.98. The first-order valence-electron chi connectivity index (χ1n) is 10.8. The fraction of sp³-hybridized carbons (Fsp3) is 0.240. The zero-order chi connectivity index (χ0) is 21.9. The smallest absolute Gasteiger partial charge is 0.225 e. The third-order valence-electron chi connectivity index (χ3n) is 6.11. The first kappa shape index (κ1) is 20.4. The molecule has 7 nitrogen and oxygen atoms in total. The van der Waals surface area contributed by atoms with E-state index >= 15 is 0 Å². The molecule has 162 valence electrons. The van der Waals surface area contributed by atoms with Crippen LogP contribution in [0.25, 0.3) is 10.9 Å². The second kappa shape index (κ2) is 8.90. The number of hydrogen-bond donors (Lipinski definition) is 2. The number of para-hydroxylation sites is 1. The molecule has 3 heterocycles. The summed E-state index contributed by atoms with van der Waals surface area (Å²) >= 11 is 0. The van der Waals surface area contributed by atoms with E-state index in [4.69, 9.17) is 0 Å². The van der Waals surface area contributed by atoms with Gasteiger partial charge in [0.05, 0.1) is 6.04 Å². The summed E-state index contributed by atoms with van der Waals surface area (Å²) in [7, 11) is 0. The van der Waals surface area contributed by atoms with Crippen molar-refractivity contribution in [3.8, 4) is 0 Å². The number of anilines is 1. The number of nitrogens with zero attached hydrogens (tertiary/aromatic N) is 4. The Morgan fingerprint density at radius 3 is 2.34 bits per heavy atom. The molecule has 1 fully saturated rings. The average Bonchev–Trinajstić information content (AvgIpc) is 3.29. The third-order valence-corrected chi connectivity index (χ3v) is 6.11. The van der Waals surface area contributed by atoms with E-state index in [1.165, 1.54) is 0 Å². The number of benzene rings is 2. The van der Waals surface area contributed by atoms with Gasteiger partial charge in [-0.05, 0) is 17.7 Å². The van der Waals surface area contributed by atoms with Crippen LogP contribution in [0, 0.1) is 0 Å². The summed E-state index contributed by atoms with van der Waals surface area (Å²) in [6.45, 7) is 2.83. The van der Waals surface area contributed by atoms with Crippen molar-refractivity contribution in [1.82, 2.24) is 19.9 Å². The third kappa shape index (κ3) is 3.88. The van der Waals surface area contributed by atoms with E-state index in [0.717, 1.165) is 29.6 Å². The number of aliphatic hydroxyl groups is 1. The molecule has 0 aliphatic carbocycles. The summed E-state index contributed by atoms with van der Waals surface area (Å²) in [5.74, 6) is 0.434. The summed E-state index contributed by atoms with van der Waals surface area (Å²) in [6, 6.07) is 18.8. The molecule has 2 aromatic heterocycles. The number of ketones is 1. The Morgan fingerprint density at radius 2 is 1.59 bits per heavy atom. The largest absolute Gasteiger partial charge is 0.383 e. The Bertz CT molecular complexity index is 1190. The van der Waals surface area contributed by atoms with Gasteiger partial charge in [0.25, 0.3) is 0 Å². The molecule has 0 spiro atoms. The van der Waals surface area contributed by atoms with Gasteiger partial charge < -0.3 is 15.0 Å². The lowest BCUT2D eigenvalue weighted by Crippen LogP contribution is -2.51. The maximum atomic E-state index is 13.4. The highest BCUT2D eigenvalue weighted by atomic mass is 16.3. The number of nitrogens with one attached hydrogen (secondary N) is 1. The monoisotopic (exact) mass is 427 g/mol. The minimum atomic E-state index is -1.18. The Hall–Kier alpha value is -3.55. The summed E-state index contributed by atoms with van der Waals surface area (Å²) in [6.07, 6.45) is 4.00. The number of rotatable bonds is 6. The lowest BCUT2D eigenvalue weighted by Gasteiger charge is -2.40. The number of Topliss-reactive ketones (excluding diaryl/α,β-unsaturated/α-hetero) is 1. The van der Waals surface area contributed by atoms with Crippen LogP contribution in [0.1, 0.15) is 22.0 Å². The van der Waals surface area contributed by atoms with E-state index in [2.05, 4.69) is 24.8 Å². The maximum absolute atomic E-state index is 13.4. The van der Waals surface area contributed by atoms with Crippen LogP contribution in [0.3, 0.4) is 0 Å². The molecule has 2 atom stereocenters. The summed E-state index contributed by atoms with van der Waals surface area (Å²) in [5.41, 5.74) is 2.33. The molecule has 2 aromatic carbocycles. The number of aromatic nitrogens is 3. The van der Waals surface area contributed by atoms with Crippen molar-refractivity contribution in [2.45, 2.75) is 12.1 Å². The second-order valence-electron chi connectivity index (χ2n) is 7.98. The van der Waals surface area contributed by atoms with E-state index < -0.39 is 12.1 Å². The van der Waals surface area contributed by atoms with Crippen LogP contribution in [0.15, 0.2) is 79.3 Å². The van der Waals surface area contributed by atoms with Gasteiger partial charge in [0.2, 0.25) is 5.95 Å². The minimum absolute atomic E-state index is 0.273. The van der Waals surface area contributed by atoms with E-state index in [9.17, 15) is 9.90 Å². The zero-order valence-corrected chi connectivity index (χ0v) is 17.6. The van der Waals surface area contributed by atoms with Crippen LogP contribution >= 0.6 is 0 Å². The molecule has 4 aromatic rings. The fourth-order valence-corrected chi connectivity index (χ4v) is 4.48. The molecule has 5 rings (SSSR count). The molecule has 1 saturated heterocycles. The highest BCUT2D eigenvalue weighted by molar-refractivity contribution is 6.10. The number of hydrogen-bond acceptors (Lipinski definition) is 6. The molecule has 1 aliphatic rings. The Balaban J connectivity index is 1.41. The lowest BCUT2D eigenvalue weighted by molar-refractivity contribution is 0.0365. The number of piperazine rings is 1. The molecular formula is C25H25N5O2. The molecular weight excluding hydrogens is 402 g/mol. The molecule has 2 N–H and O–H groups in total. The van der Waals surface area contributed by atoms with Gasteiger partial charge in [0.1, 0.15) is 6.10 Å². The van der Waals surface area contributed by atoms with E-state index in [-0.39, 0.29) is 5.78 Å². The van der Waals surface area contributed by atoms with E-state index in [1.807, 2.05) is 54.6 Å². The molecule has 0 bridgehead atoms. The van der Waals surface area contributed by atoms with Crippen molar-refractivity contribution in [3.05, 3.63) is 90.4 Å². The van der Waals surface area contributed by atoms with Gasteiger partial charge in [-0.1, -0.05) is 48.5 Å². The summed E-state index contributed by atoms with van der Waals surface area (Å²) in [4.78, 5) is 29.6. The van der Waals surface area contributed by atoms with Gasteiger partial charge in [-0.25, -0.2) is 9.97 Å². The first-order valence-corrected chi connectivity index (χ1v) is 10.8. The van der Waals surface area contributed by atoms with Crippen LogP contribution in [0.4, 0.5) is 5.95 Å². The molecule has 1 aliphatic heterocycles. The molecule has 0 saturated carbocycles. The molecule has 0 amide bonds. The molecule has 7 heteroatoms. The van der Waals surface area contributed by atoms with Crippen LogP contribution in [0.2, 0.25) is 0 Å². The van der Waals surface area contributed by atoms with Crippen LogP contribution < -0.4 is 4.90 Å². The predicted molar refractivity (Wildman–Crippen MR) is 124 cm³/mol. The first-order chi connectivity index (χ1) is 15.7. The number of H-pyrrole nitrogens is 1. The number of aliphatic hydroxyl groups excluding tert-OH is 1. The van der Waals surface area contributed by atoms with Crippen molar-refractivity contribution in [2.75, 3.05) is 31.1 Å². The van der Waals surface area contributed by atoms with Crippen molar-refractivity contribution in [2.24, 2.45) is 0 Å². The average molecular weight is 428 g/mol. The van der Waals surface area contributed by atoms with Crippen molar-refractivity contribution >= 4 is 22.6 Å². The van der Waals surface area contributed by atoms with E-state index in [1.54, 1.807) is 24.7 Å². The van der Waals surface area contributed by atoms with Crippen LogP contribution in [-0.4, -0.2) is 63.0 Å². The van der Waals surface area contributed by atoms with Crippen molar-refractivity contribution < 1.29 is 9.90 Å². The number of carbonyl (C=O) groups is 1. The maximum Gasteiger partial charge on any atom is 0.225 e. The molecule has 32 heavy (non-hydrogen) atoms. The molecule has 0 unspecified atom stereocenters. The van der Waals surface area contributed by atoms with Gasteiger partial charge in [0, 0.05) is 61.2 Å². The predicted octanol–water partition coefficient (Wildman–Crippen LogP) is 3.07. The van der Waals surface area contributed by atoms with Crippen LogP contribution in [-0.2, 0) is 0 Å². The normalized spacial score (nSPS) is 16.7. The molecule has 0 radical (unpaired) electrons. The van der Waals surface area contributed by atoms with Gasteiger partial charge in [-0.15, -0.1) is 0 Å². The highest BCUT2D eigenvalue weighted by Crippen LogP contribution is 2.30. The van der Waals surface area contributed by atoms with E-state index in [0.29, 0.717) is 24.6 Å². The number of fused-ring (bicyclic) bond motifs is 1. The summed E-state index contributed by atoms with van der Waals surface area (Å²) < 4.78 is 0. The highest BCUT2D eigenvalue weighted by Gasteiger charge is 2.35. The zero-order valence-electron chi connectivity index (χ0n) is 17.6. The summed E-state index contributed by atoms with van der Waals surface area (Å²) in [5, 5.41) is 12.2. The van der Waals surface area contributed by atoms with Gasteiger partial charge in [-0.3, -0.25) is 9.69 Å².